The van der Waals surface area contributed by atoms with Gasteiger partial charge in [0.1, 0.15) is 0 Å². The highest BCUT2D eigenvalue weighted by Crippen LogP contribution is 2.23. The minimum atomic E-state index is -0.540. The number of carbonyl (C=O) groups excluding carboxylic acids is 1. The summed E-state index contributed by atoms with van der Waals surface area (Å²) in [5.41, 5.74) is 13.2. The van der Waals surface area contributed by atoms with Crippen molar-refractivity contribution < 1.29 is 4.79 Å². The Morgan fingerprint density at radius 1 is 1.47 bits per heavy atom. The normalized spacial score (nSPS) is 10.2. The highest BCUT2D eigenvalue weighted by atomic mass is 32.1. The minimum Gasteiger partial charge on any atom is -0.398 e. The van der Waals surface area contributed by atoms with E-state index in [1.807, 2.05) is 12.3 Å². The summed E-state index contributed by atoms with van der Waals surface area (Å²) in [7, 11) is 0. The third-order valence-electron chi connectivity index (χ3n) is 2.19. The smallest absolute Gasteiger partial charge is 0.250 e. The first-order valence-electron chi connectivity index (χ1n) is 4.95. The van der Waals surface area contributed by atoms with Gasteiger partial charge in [-0.15, -0.1) is 11.3 Å². The second-order valence-electron chi connectivity index (χ2n) is 3.59. The van der Waals surface area contributed by atoms with Crippen molar-refractivity contribution in [1.29, 1.82) is 0 Å². The topological polar surface area (TPSA) is 94.0 Å². The summed E-state index contributed by atoms with van der Waals surface area (Å²) >= 11 is 1.49. The van der Waals surface area contributed by atoms with E-state index in [9.17, 15) is 4.79 Å². The average Bonchev–Trinajstić information content (AvgIpc) is 2.66. The lowest BCUT2D eigenvalue weighted by Gasteiger charge is -2.06. The third-order valence-corrected chi connectivity index (χ3v) is 3.06. The lowest BCUT2D eigenvalue weighted by molar-refractivity contribution is 0.100. The van der Waals surface area contributed by atoms with Gasteiger partial charge in [-0.2, -0.15) is 0 Å². The number of anilines is 3. The number of nitrogens with zero attached hydrogens (tertiary/aromatic N) is 1. The first-order chi connectivity index (χ1) is 8.06. The molecule has 0 aliphatic heterocycles. The van der Waals surface area contributed by atoms with Gasteiger partial charge in [-0.25, -0.2) is 4.98 Å². The monoisotopic (exact) mass is 248 g/mol. The summed E-state index contributed by atoms with van der Waals surface area (Å²) in [6, 6.07) is 5.04. The molecule has 1 amide bonds. The lowest BCUT2D eigenvalue weighted by atomic mass is 10.1. The molecule has 1 aromatic heterocycles. The van der Waals surface area contributed by atoms with Crippen LogP contribution in [0.1, 0.15) is 16.1 Å². The van der Waals surface area contributed by atoms with E-state index >= 15 is 0 Å². The lowest BCUT2D eigenvalue weighted by Crippen LogP contribution is -2.13. The van der Waals surface area contributed by atoms with Crippen LogP contribution < -0.4 is 16.8 Å². The highest BCUT2D eigenvalue weighted by molar-refractivity contribution is 7.13. The van der Waals surface area contributed by atoms with Gasteiger partial charge in [-0.1, -0.05) is 0 Å². The third kappa shape index (κ3) is 2.54. The predicted molar refractivity (Wildman–Crippen MR) is 69.5 cm³/mol. The van der Waals surface area contributed by atoms with Crippen molar-refractivity contribution in [2.45, 2.75) is 6.92 Å². The summed E-state index contributed by atoms with van der Waals surface area (Å²) in [5.74, 6) is -0.540. The van der Waals surface area contributed by atoms with Gasteiger partial charge in [0.2, 0.25) is 0 Å². The first kappa shape index (κ1) is 11.4. The van der Waals surface area contributed by atoms with Gasteiger partial charge in [-0.3, -0.25) is 4.79 Å². The summed E-state index contributed by atoms with van der Waals surface area (Å²) in [4.78, 5) is 15.4. The maximum absolute atomic E-state index is 11.1. The maximum Gasteiger partial charge on any atom is 0.250 e. The van der Waals surface area contributed by atoms with Crippen LogP contribution in [0.4, 0.5) is 16.5 Å². The summed E-state index contributed by atoms with van der Waals surface area (Å²) < 4.78 is 0. The second kappa shape index (κ2) is 4.42. The zero-order valence-electron chi connectivity index (χ0n) is 9.23. The van der Waals surface area contributed by atoms with E-state index in [2.05, 4.69) is 10.3 Å². The van der Waals surface area contributed by atoms with Gasteiger partial charge >= 0.3 is 0 Å². The molecule has 2 rings (SSSR count). The van der Waals surface area contributed by atoms with Gasteiger partial charge in [-0.05, 0) is 25.1 Å². The van der Waals surface area contributed by atoms with E-state index in [1.165, 1.54) is 11.3 Å². The molecule has 5 nitrogen and oxygen atoms in total. The van der Waals surface area contributed by atoms with Crippen molar-refractivity contribution in [3.8, 4) is 0 Å². The zero-order valence-corrected chi connectivity index (χ0v) is 10.0. The molecule has 88 valence electrons. The van der Waals surface area contributed by atoms with Crippen molar-refractivity contribution in [3.63, 3.8) is 0 Å². The maximum atomic E-state index is 11.1. The van der Waals surface area contributed by atoms with Crippen molar-refractivity contribution in [2.24, 2.45) is 5.73 Å². The molecule has 0 atom stereocenters. The molecule has 0 saturated carbocycles. The van der Waals surface area contributed by atoms with E-state index in [1.54, 1.807) is 18.2 Å². The molecule has 5 N–H and O–H groups in total. The molecule has 0 spiro atoms. The molecule has 0 aliphatic carbocycles. The Balaban J connectivity index is 2.28. The van der Waals surface area contributed by atoms with Crippen LogP contribution in [0.25, 0.3) is 0 Å². The molecule has 0 saturated heterocycles. The summed E-state index contributed by atoms with van der Waals surface area (Å²) in [6.45, 7) is 1.92. The Morgan fingerprint density at radius 2 is 2.24 bits per heavy atom. The predicted octanol–water partition coefficient (Wildman–Crippen LogP) is 1.88. The number of hydrogen-bond donors (Lipinski definition) is 3. The molecule has 2 aromatic rings. The number of hydrogen-bond acceptors (Lipinski definition) is 5. The number of aryl methyl sites for hydroxylation is 1. The van der Waals surface area contributed by atoms with Crippen LogP contribution in [0, 0.1) is 6.92 Å². The molecular weight excluding hydrogens is 236 g/mol. The van der Waals surface area contributed by atoms with Crippen LogP contribution >= 0.6 is 11.3 Å². The zero-order chi connectivity index (χ0) is 12.4. The van der Waals surface area contributed by atoms with Crippen LogP contribution in [-0.2, 0) is 0 Å². The van der Waals surface area contributed by atoms with Gasteiger partial charge in [0.15, 0.2) is 5.13 Å². The number of thiazole rings is 1. The Bertz CT molecular complexity index is 564. The van der Waals surface area contributed by atoms with Crippen LogP contribution in [0.15, 0.2) is 23.6 Å². The molecule has 0 bridgehead atoms. The Kier molecular flexibility index (Phi) is 2.97. The Hall–Kier alpha value is -2.08. The first-order valence-corrected chi connectivity index (χ1v) is 5.82. The molecule has 0 radical (unpaired) electrons. The molecular formula is C11H12N4OS. The van der Waals surface area contributed by atoms with Crippen LogP contribution in [-0.4, -0.2) is 10.9 Å². The van der Waals surface area contributed by atoms with Crippen LogP contribution in [0.2, 0.25) is 0 Å². The summed E-state index contributed by atoms with van der Waals surface area (Å²) in [5, 5.41) is 5.80. The van der Waals surface area contributed by atoms with Crippen molar-refractivity contribution in [2.75, 3.05) is 11.1 Å². The van der Waals surface area contributed by atoms with Gasteiger partial charge < -0.3 is 16.8 Å². The minimum absolute atomic E-state index is 0.309. The van der Waals surface area contributed by atoms with E-state index in [4.69, 9.17) is 11.5 Å². The standard InChI is InChI=1S/C11H12N4OS/c1-6-5-17-11(14-6)15-7-2-3-9(12)8(4-7)10(13)16/h2-5H,12H2,1H3,(H2,13,16)(H,14,15). The average molecular weight is 248 g/mol. The Labute approximate surface area is 102 Å². The number of carbonyl (C=O) groups is 1. The fourth-order valence-corrected chi connectivity index (χ4v) is 2.09. The number of amides is 1. The molecule has 0 aliphatic rings. The number of nitrogen functional groups attached to an aromatic ring is 1. The van der Waals surface area contributed by atoms with Gasteiger partial charge in [0.05, 0.1) is 11.3 Å². The molecule has 0 unspecified atom stereocenters. The van der Waals surface area contributed by atoms with Crippen molar-refractivity contribution >= 4 is 33.8 Å². The molecule has 0 fully saturated rings. The van der Waals surface area contributed by atoms with Crippen molar-refractivity contribution in [1.82, 2.24) is 4.98 Å². The highest BCUT2D eigenvalue weighted by Gasteiger charge is 2.07. The SMILES string of the molecule is Cc1csc(Nc2ccc(N)c(C(N)=O)c2)n1. The number of primary amides is 1. The van der Waals surface area contributed by atoms with E-state index in [0.29, 0.717) is 11.3 Å². The number of rotatable bonds is 3. The van der Waals surface area contributed by atoms with Crippen molar-refractivity contribution in [3.05, 3.63) is 34.8 Å². The summed E-state index contributed by atoms with van der Waals surface area (Å²) in [6.07, 6.45) is 0. The quantitative estimate of drug-likeness (QED) is 0.723. The number of nitrogens with two attached hydrogens (primary N) is 2. The van der Waals surface area contributed by atoms with E-state index < -0.39 is 5.91 Å². The fourth-order valence-electron chi connectivity index (χ4n) is 1.38. The molecule has 17 heavy (non-hydrogen) atoms. The van der Waals surface area contributed by atoms with E-state index in [0.717, 1.165) is 16.5 Å². The molecule has 1 heterocycles. The van der Waals surface area contributed by atoms with Gasteiger partial charge in [0, 0.05) is 16.8 Å². The van der Waals surface area contributed by atoms with E-state index in [-0.39, 0.29) is 0 Å². The van der Waals surface area contributed by atoms with Gasteiger partial charge in [0.25, 0.3) is 5.91 Å². The van der Waals surface area contributed by atoms with Crippen LogP contribution in [0.5, 0.6) is 0 Å². The number of aromatic nitrogens is 1. The second-order valence-corrected chi connectivity index (χ2v) is 4.44. The Morgan fingerprint density at radius 3 is 2.82 bits per heavy atom. The molecule has 6 heteroatoms. The number of benzene rings is 1. The fraction of sp³-hybridized carbons (Fsp3) is 0.0909. The largest absolute Gasteiger partial charge is 0.398 e. The molecule has 1 aromatic carbocycles. The number of nitrogens with one attached hydrogen (secondary N) is 1. The van der Waals surface area contributed by atoms with Crippen LogP contribution in [0.3, 0.4) is 0 Å².